The van der Waals surface area contributed by atoms with Gasteiger partial charge in [0.15, 0.2) is 0 Å². The summed E-state index contributed by atoms with van der Waals surface area (Å²) < 4.78 is 78.5. The van der Waals surface area contributed by atoms with Crippen molar-refractivity contribution < 1.29 is 31.1 Å². The van der Waals surface area contributed by atoms with Crippen LogP contribution in [0, 0.1) is 0 Å². The Morgan fingerprint density at radius 1 is 0.969 bits per heavy atom. The molecule has 3 rings (SSSR count). The van der Waals surface area contributed by atoms with Crippen LogP contribution >= 0.6 is 0 Å². The van der Waals surface area contributed by atoms with E-state index in [0.29, 0.717) is 17.1 Å². The number of methoxy groups -OCH3 is 2. The molecule has 3 aromatic carbocycles. The average molecular weight is 466 g/mol. The highest BCUT2D eigenvalue weighted by molar-refractivity contribution is 7.89. The lowest BCUT2D eigenvalue weighted by Gasteiger charge is -2.15. The van der Waals surface area contributed by atoms with Crippen molar-refractivity contribution in [1.29, 1.82) is 0 Å². The van der Waals surface area contributed by atoms with Crippen LogP contribution < -0.4 is 19.9 Å². The largest absolute Gasteiger partial charge is 0.497 e. The zero-order chi connectivity index (χ0) is 23.5. The third-order valence-electron chi connectivity index (χ3n) is 4.74. The number of rotatable bonds is 7. The summed E-state index contributed by atoms with van der Waals surface area (Å²) in [6.07, 6.45) is -4.56. The quantitative estimate of drug-likeness (QED) is 0.502. The predicted molar refractivity (Wildman–Crippen MR) is 115 cm³/mol. The molecule has 0 fully saturated rings. The van der Waals surface area contributed by atoms with Gasteiger partial charge < -0.3 is 15.2 Å². The first kappa shape index (κ1) is 23.4. The summed E-state index contributed by atoms with van der Waals surface area (Å²) in [4.78, 5) is -0.232. The monoisotopic (exact) mass is 466 g/mol. The number of alkyl halides is 3. The van der Waals surface area contributed by atoms with E-state index < -0.39 is 21.8 Å². The highest BCUT2D eigenvalue weighted by Crippen LogP contribution is 2.35. The number of hydrogen-bond acceptors (Lipinski definition) is 5. The maximum atomic E-state index is 13.1. The number of hydrogen-bond donors (Lipinski definition) is 2. The molecule has 0 aromatic heterocycles. The molecule has 0 amide bonds. The summed E-state index contributed by atoms with van der Waals surface area (Å²) in [7, 11) is -1.21. The van der Waals surface area contributed by atoms with E-state index in [9.17, 15) is 21.6 Å². The maximum Gasteiger partial charge on any atom is 0.416 e. The van der Waals surface area contributed by atoms with Crippen LogP contribution in [0.25, 0.3) is 11.1 Å². The Balaban J connectivity index is 1.98. The van der Waals surface area contributed by atoms with Crippen molar-refractivity contribution in [3.05, 3.63) is 71.8 Å². The minimum absolute atomic E-state index is 0.0968. The molecular weight excluding hydrogens is 445 g/mol. The van der Waals surface area contributed by atoms with E-state index in [2.05, 4.69) is 4.72 Å². The molecule has 170 valence electrons. The third-order valence-corrected chi connectivity index (χ3v) is 6.18. The van der Waals surface area contributed by atoms with Crippen LogP contribution in [0.3, 0.4) is 0 Å². The van der Waals surface area contributed by atoms with E-state index in [-0.39, 0.29) is 28.3 Å². The van der Waals surface area contributed by atoms with Gasteiger partial charge >= 0.3 is 6.18 Å². The number of nitrogen functional groups attached to an aromatic ring is 1. The average Bonchev–Trinajstić information content (AvgIpc) is 2.77. The highest BCUT2D eigenvalue weighted by Gasteiger charge is 2.31. The zero-order valence-electron chi connectivity index (χ0n) is 17.2. The Labute approximate surface area is 183 Å². The molecule has 0 spiro atoms. The van der Waals surface area contributed by atoms with E-state index in [0.717, 1.165) is 12.1 Å². The van der Waals surface area contributed by atoms with Crippen LogP contribution in [0.5, 0.6) is 11.5 Å². The molecule has 3 N–H and O–H groups in total. The molecule has 3 aromatic rings. The van der Waals surface area contributed by atoms with Crippen LogP contribution in [-0.2, 0) is 22.7 Å². The Bertz CT molecular complexity index is 1230. The van der Waals surface area contributed by atoms with Gasteiger partial charge in [-0.05, 0) is 35.9 Å². The normalized spacial score (nSPS) is 11.9. The van der Waals surface area contributed by atoms with Gasteiger partial charge in [-0.3, -0.25) is 0 Å². The molecule has 0 saturated heterocycles. The number of nitrogens with two attached hydrogens (primary N) is 1. The SMILES string of the molecule is COc1ccc(CNS(=O)(=O)c2cc(N)ccc2-c2cccc(C(F)(F)F)c2)c(OC)c1. The van der Waals surface area contributed by atoms with Crippen molar-refractivity contribution >= 4 is 15.7 Å². The number of nitrogens with one attached hydrogen (secondary N) is 1. The summed E-state index contributed by atoms with van der Waals surface area (Å²) in [5.74, 6) is 0.953. The van der Waals surface area contributed by atoms with Gasteiger partial charge in [-0.1, -0.05) is 24.3 Å². The second kappa shape index (κ2) is 9.09. The fourth-order valence-corrected chi connectivity index (χ4v) is 4.38. The molecule has 0 heterocycles. The van der Waals surface area contributed by atoms with E-state index in [4.69, 9.17) is 15.2 Å². The second-order valence-electron chi connectivity index (χ2n) is 6.84. The zero-order valence-corrected chi connectivity index (χ0v) is 18.0. The maximum absolute atomic E-state index is 13.1. The summed E-state index contributed by atoms with van der Waals surface area (Å²) in [5.41, 5.74) is 5.79. The summed E-state index contributed by atoms with van der Waals surface area (Å²) in [6.45, 7) is -0.119. The summed E-state index contributed by atoms with van der Waals surface area (Å²) >= 11 is 0. The van der Waals surface area contributed by atoms with Gasteiger partial charge in [0.2, 0.25) is 10.0 Å². The predicted octanol–water partition coefficient (Wildman–Crippen LogP) is 4.45. The molecule has 6 nitrogen and oxygen atoms in total. The fourth-order valence-electron chi connectivity index (χ4n) is 3.11. The van der Waals surface area contributed by atoms with Crippen LogP contribution in [-0.4, -0.2) is 22.6 Å². The molecule has 0 aliphatic rings. The Hall–Kier alpha value is -3.24. The van der Waals surface area contributed by atoms with Crippen molar-refractivity contribution in [1.82, 2.24) is 4.72 Å². The van der Waals surface area contributed by atoms with Crippen molar-refractivity contribution in [2.75, 3.05) is 20.0 Å². The number of anilines is 1. The van der Waals surface area contributed by atoms with Crippen LogP contribution in [0.15, 0.2) is 65.6 Å². The Kier molecular flexibility index (Phi) is 6.65. The van der Waals surface area contributed by atoms with Crippen LogP contribution in [0.2, 0.25) is 0 Å². The number of benzene rings is 3. The summed E-state index contributed by atoms with van der Waals surface area (Å²) in [5, 5.41) is 0. The number of ether oxygens (including phenoxy) is 2. The first-order chi connectivity index (χ1) is 15.0. The van der Waals surface area contributed by atoms with Crippen LogP contribution in [0.1, 0.15) is 11.1 Å². The first-order valence-corrected chi connectivity index (χ1v) is 10.8. The lowest BCUT2D eigenvalue weighted by atomic mass is 10.0. The van der Waals surface area contributed by atoms with E-state index in [1.807, 2.05) is 0 Å². The fraction of sp³-hybridized carbons (Fsp3) is 0.182. The van der Waals surface area contributed by atoms with Gasteiger partial charge in [0.05, 0.1) is 24.7 Å². The number of sulfonamides is 1. The van der Waals surface area contributed by atoms with Gasteiger partial charge in [0, 0.05) is 29.4 Å². The second-order valence-corrected chi connectivity index (χ2v) is 8.57. The van der Waals surface area contributed by atoms with Gasteiger partial charge in [-0.2, -0.15) is 13.2 Å². The first-order valence-electron chi connectivity index (χ1n) is 9.33. The standard InChI is InChI=1S/C22H21F3N2O4S/c1-30-18-8-6-15(20(12-18)31-2)13-27-32(28,29)21-11-17(26)7-9-19(21)14-4-3-5-16(10-14)22(23,24)25/h3-12,27H,13,26H2,1-2H3. The van der Waals surface area contributed by atoms with Gasteiger partial charge in [0.25, 0.3) is 0 Å². The van der Waals surface area contributed by atoms with Crippen molar-refractivity contribution in [3.8, 4) is 22.6 Å². The van der Waals surface area contributed by atoms with Crippen molar-refractivity contribution in [2.45, 2.75) is 17.6 Å². The topological polar surface area (TPSA) is 90.7 Å². The van der Waals surface area contributed by atoms with Gasteiger partial charge in [0.1, 0.15) is 11.5 Å². The minimum Gasteiger partial charge on any atom is -0.497 e. The molecule has 0 saturated carbocycles. The Morgan fingerprint density at radius 2 is 1.72 bits per heavy atom. The van der Waals surface area contributed by atoms with E-state index >= 15 is 0 Å². The van der Waals surface area contributed by atoms with E-state index in [1.54, 1.807) is 18.2 Å². The summed E-state index contributed by atoms with van der Waals surface area (Å²) in [6, 6.07) is 13.4. The number of halogens is 3. The minimum atomic E-state index is -4.56. The lowest BCUT2D eigenvalue weighted by molar-refractivity contribution is -0.137. The molecule has 0 radical (unpaired) electrons. The van der Waals surface area contributed by atoms with Gasteiger partial charge in [-0.25, -0.2) is 13.1 Å². The molecular formula is C22H21F3N2O4S. The van der Waals surface area contributed by atoms with E-state index in [1.165, 1.54) is 44.6 Å². The highest BCUT2D eigenvalue weighted by atomic mass is 32.2. The molecule has 0 atom stereocenters. The van der Waals surface area contributed by atoms with Crippen LogP contribution in [0.4, 0.5) is 18.9 Å². The van der Waals surface area contributed by atoms with Crippen molar-refractivity contribution in [2.24, 2.45) is 0 Å². The van der Waals surface area contributed by atoms with Crippen molar-refractivity contribution in [3.63, 3.8) is 0 Å². The molecule has 0 aliphatic carbocycles. The lowest BCUT2D eigenvalue weighted by Crippen LogP contribution is -2.24. The smallest absolute Gasteiger partial charge is 0.416 e. The van der Waals surface area contributed by atoms with Gasteiger partial charge in [-0.15, -0.1) is 0 Å². The Morgan fingerprint density at radius 3 is 2.38 bits per heavy atom. The molecule has 32 heavy (non-hydrogen) atoms. The molecule has 0 aliphatic heterocycles. The third kappa shape index (κ3) is 5.14. The molecule has 10 heteroatoms. The molecule has 0 bridgehead atoms. The molecule has 0 unspecified atom stereocenters.